The average Bonchev–Trinajstić information content (AvgIpc) is 2.76. The van der Waals surface area contributed by atoms with Crippen LogP contribution in [-0.4, -0.2) is 16.8 Å². The second-order valence-corrected chi connectivity index (χ2v) is 5.78. The van der Waals surface area contributed by atoms with Crippen molar-refractivity contribution >= 4 is 35.5 Å². The van der Waals surface area contributed by atoms with E-state index in [1.54, 1.807) is 23.1 Å². The van der Waals surface area contributed by atoms with Gasteiger partial charge in [-0.05, 0) is 6.92 Å². The normalized spacial score (nSPS) is 11.9. The van der Waals surface area contributed by atoms with Crippen molar-refractivity contribution < 1.29 is 0 Å². The van der Waals surface area contributed by atoms with Crippen LogP contribution in [0.25, 0.3) is 11.3 Å². The Bertz CT molecular complexity index is 443. The molecule has 0 saturated heterocycles. The number of hydrogen-bond acceptors (Lipinski definition) is 4. The predicted molar refractivity (Wildman–Crippen MR) is 79.2 cm³/mol. The zero-order valence-electron chi connectivity index (χ0n) is 9.50. The molecule has 2 aromatic rings. The number of nitrogens with zero attached hydrogens (tertiary/aromatic N) is 1. The van der Waals surface area contributed by atoms with Gasteiger partial charge in [-0.3, -0.25) is 0 Å². The van der Waals surface area contributed by atoms with Crippen LogP contribution in [0.15, 0.2) is 40.1 Å². The van der Waals surface area contributed by atoms with E-state index in [0.29, 0.717) is 0 Å². The minimum Gasteiger partial charge on any atom is -0.327 e. The second kappa shape index (κ2) is 7.01. The first kappa shape index (κ1) is 14.5. The van der Waals surface area contributed by atoms with Crippen LogP contribution in [0, 0.1) is 0 Å². The molecule has 1 heterocycles. The van der Waals surface area contributed by atoms with Gasteiger partial charge in [0.25, 0.3) is 0 Å². The number of hydrogen-bond donors (Lipinski definition) is 1. The van der Waals surface area contributed by atoms with E-state index in [1.165, 1.54) is 5.56 Å². The molecule has 0 saturated carbocycles. The van der Waals surface area contributed by atoms with Crippen LogP contribution in [0.3, 0.4) is 0 Å². The molecule has 1 aromatic heterocycles. The van der Waals surface area contributed by atoms with Gasteiger partial charge in [-0.2, -0.15) is 0 Å². The molecule has 2 N–H and O–H groups in total. The van der Waals surface area contributed by atoms with Gasteiger partial charge in [-0.15, -0.1) is 23.7 Å². The fraction of sp³-hybridized carbons (Fsp3) is 0.250. The number of aromatic nitrogens is 1. The Balaban J connectivity index is 0.00000144. The zero-order valence-corrected chi connectivity index (χ0v) is 11.9. The summed E-state index contributed by atoms with van der Waals surface area (Å²) in [6, 6.07) is 10.5. The Hall–Kier alpha value is -0.550. The molecule has 2 nitrogen and oxygen atoms in total. The molecule has 0 fully saturated rings. The third-order valence-corrected chi connectivity index (χ3v) is 4.33. The lowest BCUT2D eigenvalue weighted by Crippen LogP contribution is -2.17. The summed E-state index contributed by atoms with van der Waals surface area (Å²) in [7, 11) is 0. The maximum Gasteiger partial charge on any atom is 0.150 e. The SMILES string of the molecule is C[C@@H](N)CSc1nc(-c2ccccc2)cs1.Cl. The van der Waals surface area contributed by atoms with Gasteiger partial charge >= 0.3 is 0 Å². The molecule has 1 aromatic carbocycles. The van der Waals surface area contributed by atoms with E-state index in [4.69, 9.17) is 5.73 Å². The molecular weight excluding hydrogens is 272 g/mol. The van der Waals surface area contributed by atoms with E-state index < -0.39 is 0 Å². The summed E-state index contributed by atoms with van der Waals surface area (Å²) in [5.41, 5.74) is 7.94. The minimum absolute atomic E-state index is 0. The smallest absolute Gasteiger partial charge is 0.150 e. The third-order valence-electron chi connectivity index (χ3n) is 2.02. The van der Waals surface area contributed by atoms with Crippen molar-refractivity contribution in [2.45, 2.75) is 17.3 Å². The van der Waals surface area contributed by atoms with Gasteiger partial charge in [-0.25, -0.2) is 4.98 Å². The topological polar surface area (TPSA) is 38.9 Å². The van der Waals surface area contributed by atoms with Crippen molar-refractivity contribution in [1.82, 2.24) is 4.98 Å². The molecule has 0 spiro atoms. The summed E-state index contributed by atoms with van der Waals surface area (Å²) in [5, 5.41) is 2.10. The van der Waals surface area contributed by atoms with E-state index in [-0.39, 0.29) is 18.4 Å². The van der Waals surface area contributed by atoms with Gasteiger partial charge < -0.3 is 5.73 Å². The van der Waals surface area contributed by atoms with Crippen molar-refractivity contribution in [3.8, 4) is 11.3 Å². The molecule has 0 unspecified atom stereocenters. The van der Waals surface area contributed by atoms with Crippen LogP contribution in [0.2, 0.25) is 0 Å². The Morgan fingerprint density at radius 2 is 2.06 bits per heavy atom. The molecular formula is C12H15ClN2S2. The van der Waals surface area contributed by atoms with Crippen LogP contribution in [0.4, 0.5) is 0 Å². The van der Waals surface area contributed by atoms with Crippen LogP contribution in [0.1, 0.15) is 6.92 Å². The van der Waals surface area contributed by atoms with Gasteiger partial charge in [0.2, 0.25) is 0 Å². The summed E-state index contributed by atoms with van der Waals surface area (Å²) in [6.07, 6.45) is 0. The number of halogens is 1. The highest BCUT2D eigenvalue weighted by atomic mass is 35.5. The lowest BCUT2D eigenvalue weighted by atomic mass is 10.2. The maximum atomic E-state index is 5.71. The van der Waals surface area contributed by atoms with Crippen LogP contribution in [0.5, 0.6) is 0 Å². The van der Waals surface area contributed by atoms with E-state index in [9.17, 15) is 0 Å². The predicted octanol–water partition coefficient (Wildman–Crippen LogP) is 3.67. The van der Waals surface area contributed by atoms with Crippen LogP contribution in [-0.2, 0) is 0 Å². The number of benzene rings is 1. The highest BCUT2D eigenvalue weighted by molar-refractivity contribution is 8.01. The van der Waals surface area contributed by atoms with Crippen molar-refractivity contribution in [3.63, 3.8) is 0 Å². The molecule has 0 radical (unpaired) electrons. The monoisotopic (exact) mass is 286 g/mol. The van der Waals surface area contributed by atoms with Crippen molar-refractivity contribution in [1.29, 1.82) is 0 Å². The molecule has 1 atom stereocenters. The van der Waals surface area contributed by atoms with E-state index in [1.807, 2.05) is 25.1 Å². The Morgan fingerprint density at radius 1 is 1.35 bits per heavy atom. The largest absolute Gasteiger partial charge is 0.327 e. The average molecular weight is 287 g/mol. The standard InChI is InChI=1S/C12H14N2S2.ClH/c1-9(13)7-15-12-14-11(8-16-12)10-5-3-2-4-6-10;/h2-6,8-9H,7,13H2,1H3;1H/t9-;/m1./s1. The van der Waals surface area contributed by atoms with Gasteiger partial charge in [0.15, 0.2) is 4.34 Å². The molecule has 5 heteroatoms. The van der Waals surface area contributed by atoms with Gasteiger partial charge in [0, 0.05) is 22.7 Å². The summed E-state index contributed by atoms with van der Waals surface area (Å²) in [5.74, 6) is 0.918. The fourth-order valence-corrected chi connectivity index (χ4v) is 3.01. The van der Waals surface area contributed by atoms with Crippen molar-refractivity contribution in [3.05, 3.63) is 35.7 Å². The minimum atomic E-state index is 0. The Morgan fingerprint density at radius 3 is 2.71 bits per heavy atom. The first-order chi connectivity index (χ1) is 7.75. The number of rotatable bonds is 4. The first-order valence-electron chi connectivity index (χ1n) is 5.15. The summed E-state index contributed by atoms with van der Waals surface area (Å²) < 4.78 is 1.09. The number of thiazole rings is 1. The fourth-order valence-electron chi connectivity index (χ4n) is 1.27. The highest BCUT2D eigenvalue weighted by Gasteiger charge is 2.05. The summed E-state index contributed by atoms with van der Waals surface area (Å²) >= 11 is 3.41. The number of thioether (sulfide) groups is 1. The van der Waals surface area contributed by atoms with Gasteiger partial charge in [0.1, 0.15) is 0 Å². The van der Waals surface area contributed by atoms with Crippen molar-refractivity contribution in [2.75, 3.05) is 5.75 Å². The van der Waals surface area contributed by atoms with Gasteiger partial charge in [0.05, 0.1) is 5.69 Å². The maximum absolute atomic E-state index is 5.71. The molecule has 0 aliphatic carbocycles. The number of nitrogens with two attached hydrogens (primary N) is 1. The summed E-state index contributed by atoms with van der Waals surface area (Å²) in [6.45, 7) is 2.01. The zero-order chi connectivity index (χ0) is 11.4. The first-order valence-corrected chi connectivity index (χ1v) is 7.01. The molecule has 0 bridgehead atoms. The molecule has 0 amide bonds. The van der Waals surface area contributed by atoms with E-state index >= 15 is 0 Å². The van der Waals surface area contributed by atoms with Crippen LogP contribution >= 0.6 is 35.5 Å². The lowest BCUT2D eigenvalue weighted by molar-refractivity contribution is 0.847. The molecule has 0 aliphatic heterocycles. The summed E-state index contributed by atoms with van der Waals surface area (Å²) in [4.78, 5) is 4.58. The van der Waals surface area contributed by atoms with Crippen LogP contribution < -0.4 is 5.73 Å². The Labute approximate surface area is 116 Å². The highest BCUT2D eigenvalue weighted by Crippen LogP contribution is 2.28. The lowest BCUT2D eigenvalue weighted by Gasteiger charge is -2.00. The van der Waals surface area contributed by atoms with E-state index in [0.717, 1.165) is 15.8 Å². The second-order valence-electron chi connectivity index (χ2n) is 3.65. The van der Waals surface area contributed by atoms with Gasteiger partial charge in [-0.1, -0.05) is 42.1 Å². The van der Waals surface area contributed by atoms with Crippen molar-refractivity contribution in [2.24, 2.45) is 5.73 Å². The van der Waals surface area contributed by atoms with E-state index in [2.05, 4.69) is 22.5 Å². The third kappa shape index (κ3) is 4.32. The molecule has 0 aliphatic rings. The quantitative estimate of drug-likeness (QED) is 0.872. The molecule has 92 valence electrons. The molecule has 17 heavy (non-hydrogen) atoms. The molecule has 2 rings (SSSR count). The Kier molecular flexibility index (Phi) is 5.98.